The number of benzene rings is 1. The van der Waals surface area contributed by atoms with Gasteiger partial charge in [0.1, 0.15) is 11.6 Å². The third-order valence-electron chi connectivity index (χ3n) is 2.85. The Morgan fingerprint density at radius 3 is 2.33 bits per heavy atom. The van der Waals surface area contributed by atoms with Crippen LogP contribution in [0.15, 0.2) is 18.2 Å². The maximum atomic E-state index is 13.3. The zero-order valence-corrected chi connectivity index (χ0v) is 8.21. The molecule has 1 aromatic carbocycles. The monoisotopic (exact) mass is 213 g/mol. The Kier molecular flexibility index (Phi) is 2.48. The molecule has 2 rings (SSSR count). The highest BCUT2D eigenvalue weighted by atomic mass is 19.1. The Morgan fingerprint density at radius 2 is 1.87 bits per heavy atom. The van der Waals surface area contributed by atoms with E-state index in [-0.39, 0.29) is 18.0 Å². The van der Waals surface area contributed by atoms with Crippen LogP contribution in [0.5, 0.6) is 0 Å². The molecule has 0 aromatic heterocycles. The number of nitrogens with two attached hydrogens (primary N) is 1. The first-order valence-electron chi connectivity index (χ1n) is 4.91. The van der Waals surface area contributed by atoms with E-state index in [4.69, 9.17) is 5.73 Å². The van der Waals surface area contributed by atoms with Gasteiger partial charge in [-0.1, -0.05) is 6.07 Å². The van der Waals surface area contributed by atoms with E-state index in [1.807, 2.05) is 0 Å². The quantitative estimate of drug-likeness (QED) is 0.779. The van der Waals surface area contributed by atoms with Gasteiger partial charge in [0.2, 0.25) is 0 Å². The highest BCUT2D eigenvalue weighted by Gasteiger charge is 2.41. The number of aliphatic hydroxyl groups is 1. The Bertz CT molecular complexity index is 355. The van der Waals surface area contributed by atoms with Crippen molar-refractivity contribution in [3.8, 4) is 0 Å². The summed E-state index contributed by atoms with van der Waals surface area (Å²) in [5.74, 6) is -1.22. The van der Waals surface area contributed by atoms with Gasteiger partial charge in [0, 0.05) is 18.0 Å². The van der Waals surface area contributed by atoms with Crippen molar-refractivity contribution >= 4 is 0 Å². The van der Waals surface area contributed by atoms with E-state index < -0.39 is 17.2 Å². The zero-order valence-electron chi connectivity index (χ0n) is 8.21. The van der Waals surface area contributed by atoms with Gasteiger partial charge >= 0.3 is 0 Å². The van der Waals surface area contributed by atoms with Crippen LogP contribution in [0.4, 0.5) is 8.78 Å². The predicted octanol–water partition coefficient (Wildman–Crippen LogP) is 1.36. The molecule has 0 atom stereocenters. The van der Waals surface area contributed by atoms with Gasteiger partial charge in [0.15, 0.2) is 0 Å². The molecule has 0 amide bonds. The van der Waals surface area contributed by atoms with Crippen molar-refractivity contribution in [2.45, 2.75) is 30.9 Å². The molecular weight excluding hydrogens is 200 g/mol. The summed E-state index contributed by atoms with van der Waals surface area (Å²) in [5, 5.41) is 9.87. The van der Waals surface area contributed by atoms with Crippen molar-refractivity contribution in [3.05, 3.63) is 35.4 Å². The predicted molar refractivity (Wildman–Crippen MR) is 52.2 cm³/mol. The highest BCUT2D eigenvalue weighted by Crippen LogP contribution is 2.35. The normalized spacial score (nSPS) is 30.0. The lowest BCUT2D eigenvalue weighted by molar-refractivity contribution is -0.0466. The smallest absolute Gasteiger partial charge is 0.129 e. The molecule has 0 heterocycles. The lowest BCUT2D eigenvalue weighted by Gasteiger charge is -2.42. The van der Waals surface area contributed by atoms with E-state index >= 15 is 0 Å². The molecule has 0 unspecified atom stereocenters. The molecule has 15 heavy (non-hydrogen) atoms. The second-order valence-corrected chi connectivity index (χ2v) is 4.27. The van der Waals surface area contributed by atoms with Gasteiger partial charge in [-0.3, -0.25) is 0 Å². The summed E-state index contributed by atoms with van der Waals surface area (Å²) >= 11 is 0. The van der Waals surface area contributed by atoms with Crippen LogP contribution in [0.1, 0.15) is 18.4 Å². The van der Waals surface area contributed by atoms with Crippen molar-refractivity contribution in [2.24, 2.45) is 5.73 Å². The molecule has 0 bridgehead atoms. The number of hydrogen-bond donors (Lipinski definition) is 2. The van der Waals surface area contributed by atoms with Gasteiger partial charge in [-0.15, -0.1) is 0 Å². The van der Waals surface area contributed by atoms with Gasteiger partial charge in [0.25, 0.3) is 0 Å². The van der Waals surface area contributed by atoms with E-state index in [9.17, 15) is 13.9 Å². The van der Waals surface area contributed by atoms with Crippen molar-refractivity contribution in [3.63, 3.8) is 0 Å². The standard InChI is InChI=1S/C11H13F2NO/c12-9-2-1-3-10(13)8(9)6-11(15)4-7(14)5-11/h1-3,7,15H,4-6,14H2. The second kappa shape index (κ2) is 3.54. The van der Waals surface area contributed by atoms with Crippen LogP contribution >= 0.6 is 0 Å². The topological polar surface area (TPSA) is 46.2 Å². The summed E-state index contributed by atoms with van der Waals surface area (Å²) in [6.07, 6.45) is 0.806. The first-order chi connectivity index (χ1) is 7.00. The summed E-state index contributed by atoms with van der Waals surface area (Å²) in [6, 6.07) is 3.65. The van der Waals surface area contributed by atoms with Gasteiger partial charge in [0.05, 0.1) is 5.60 Å². The molecule has 2 nitrogen and oxygen atoms in total. The Morgan fingerprint density at radius 1 is 1.33 bits per heavy atom. The third-order valence-corrected chi connectivity index (χ3v) is 2.85. The van der Waals surface area contributed by atoms with E-state index in [1.54, 1.807) is 0 Å². The molecule has 0 aliphatic heterocycles. The molecule has 1 fully saturated rings. The molecule has 0 spiro atoms. The fraction of sp³-hybridized carbons (Fsp3) is 0.455. The summed E-state index contributed by atoms with van der Waals surface area (Å²) < 4.78 is 26.5. The van der Waals surface area contributed by atoms with E-state index in [2.05, 4.69) is 0 Å². The molecule has 82 valence electrons. The van der Waals surface area contributed by atoms with Crippen LogP contribution in [0.3, 0.4) is 0 Å². The van der Waals surface area contributed by atoms with Crippen LogP contribution in [0.25, 0.3) is 0 Å². The maximum absolute atomic E-state index is 13.3. The molecule has 1 aromatic rings. The van der Waals surface area contributed by atoms with Crippen molar-refractivity contribution in [1.82, 2.24) is 0 Å². The molecule has 1 aliphatic rings. The summed E-state index contributed by atoms with van der Waals surface area (Å²) in [7, 11) is 0. The highest BCUT2D eigenvalue weighted by molar-refractivity contribution is 5.23. The molecule has 1 aliphatic carbocycles. The average molecular weight is 213 g/mol. The third kappa shape index (κ3) is 2.01. The van der Waals surface area contributed by atoms with Gasteiger partial charge in [-0.25, -0.2) is 8.78 Å². The van der Waals surface area contributed by atoms with E-state index in [1.165, 1.54) is 18.2 Å². The summed E-state index contributed by atoms with van der Waals surface area (Å²) in [6.45, 7) is 0. The lowest BCUT2D eigenvalue weighted by atomic mass is 9.72. The van der Waals surface area contributed by atoms with Gasteiger partial charge in [-0.05, 0) is 25.0 Å². The Labute approximate surface area is 86.7 Å². The maximum Gasteiger partial charge on any atom is 0.129 e. The Hall–Kier alpha value is -1.00. The van der Waals surface area contributed by atoms with Gasteiger partial charge < -0.3 is 10.8 Å². The number of hydrogen-bond acceptors (Lipinski definition) is 2. The second-order valence-electron chi connectivity index (χ2n) is 4.27. The van der Waals surface area contributed by atoms with Crippen molar-refractivity contribution in [2.75, 3.05) is 0 Å². The molecule has 3 N–H and O–H groups in total. The fourth-order valence-electron chi connectivity index (χ4n) is 2.09. The first-order valence-corrected chi connectivity index (χ1v) is 4.91. The fourth-order valence-corrected chi connectivity index (χ4v) is 2.09. The van der Waals surface area contributed by atoms with E-state index in [0.29, 0.717) is 12.8 Å². The van der Waals surface area contributed by atoms with Crippen LogP contribution in [0.2, 0.25) is 0 Å². The molecule has 1 saturated carbocycles. The summed E-state index contributed by atoms with van der Waals surface area (Å²) in [4.78, 5) is 0. The largest absolute Gasteiger partial charge is 0.389 e. The molecule has 4 heteroatoms. The first kappa shape index (κ1) is 10.5. The van der Waals surface area contributed by atoms with Crippen molar-refractivity contribution < 1.29 is 13.9 Å². The minimum Gasteiger partial charge on any atom is -0.389 e. The number of rotatable bonds is 2. The molecule has 0 radical (unpaired) electrons. The number of halogens is 2. The summed E-state index contributed by atoms with van der Waals surface area (Å²) in [5.41, 5.74) is 4.46. The lowest BCUT2D eigenvalue weighted by Crippen LogP contribution is -2.53. The van der Waals surface area contributed by atoms with Crippen molar-refractivity contribution in [1.29, 1.82) is 0 Å². The minimum absolute atomic E-state index is 0.000787. The SMILES string of the molecule is NC1CC(O)(Cc2c(F)cccc2F)C1. The van der Waals surface area contributed by atoms with Crippen LogP contribution in [0, 0.1) is 11.6 Å². The zero-order chi connectivity index (χ0) is 11.1. The average Bonchev–Trinajstić information content (AvgIpc) is 2.09. The molecule has 0 saturated heterocycles. The van der Waals surface area contributed by atoms with Crippen LogP contribution in [-0.2, 0) is 6.42 Å². The van der Waals surface area contributed by atoms with E-state index in [0.717, 1.165) is 0 Å². The van der Waals surface area contributed by atoms with Gasteiger partial charge in [-0.2, -0.15) is 0 Å². The Balaban J connectivity index is 2.18. The molecular formula is C11H13F2NO. The van der Waals surface area contributed by atoms with Crippen LogP contribution in [-0.4, -0.2) is 16.7 Å². The van der Waals surface area contributed by atoms with Crippen LogP contribution < -0.4 is 5.73 Å². The minimum atomic E-state index is -1.03.